The minimum atomic E-state index is -0.844. The van der Waals surface area contributed by atoms with Crippen molar-refractivity contribution < 1.29 is 9.60 Å². The van der Waals surface area contributed by atoms with E-state index in [1.165, 1.54) is 6.20 Å². The lowest BCUT2D eigenvalue weighted by molar-refractivity contribution is 0.318. The minimum Gasteiger partial charge on any atom is -0.409 e. The molecule has 1 fully saturated rings. The highest BCUT2D eigenvalue weighted by atomic mass is 35.5. The summed E-state index contributed by atoms with van der Waals surface area (Å²) in [6.45, 7) is 0.915. The van der Waals surface area contributed by atoms with Crippen LogP contribution in [0.2, 0.25) is 5.02 Å². The zero-order valence-corrected chi connectivity index (χ0v) is 11.8. The molecule has 8 heteroatoms. The molecular formula is C13H13ClFN5O. The molecule has 6 nitrogen and oxygen atoms in total. The predicted octanol–water partition coefficient (Wildman–Crippen LogP) is 1.93. The number of hydrogen-bond acceptors (Lipinski definition) is 5. The molecule has 110 valence electrons. The molecule has 2 aromatic rings. The van der Waals surface area contributed by atoms with Gasteiger partial charge in [0.2, 0.25) is 0 Å². The quantitative estimate of drug-likeness (QED) is 0.383. The smallest absolute Gasteiger partial charge is 0.173 e. The van der Waals surface area contributed by atoms with Crippen molar-refractivity contribution in [3.63, 3.8) is 0 Å². The van der Waals surface area contributed by atoms with E-state index in [9.17, 15) is 4.39 Å². The Kier molecular flexibility index (Phi) is 3.50. The highest BCUT2D eigenvalue weighted by molar-refractivity contribution is 6.35. The van der Waals surface area contributed by atoms with Crippen LogP contribution in [0.25, 0.3) is 11.0 Å². The maximum absolute atomic E-state index is 13.3. The monoisotopic (exact) mass is 309 g/mol. The van der Waals surface area contributed by atoms with Crippen LogP contribution in [-0.2, 0) is 0 Å². The van der Waals surface area contributed by atoms with Gasteiger partial charge in [0.15, 0.2) is 5.84 Å². The van der Waals surface area contributed by atoms with Crippen molar-refractivity contribution in [2.24, 2.45) is 10.9 Å². The lowest BCUT2D eigenvalue weighted by Gasteiger charge is -2.17. The summed E-state index contributed by atoms with van der Waals surface area (Å²) in [6.07, 6.45) is 1.07. The number of oxime groups is 1. The van der Waals surface area contributed by atoms with Gasteiger partial charge < -0.3 is 15.8 Å². The van der Waals surface area contributed by atoms with Gasteiger partial charge in [-0.2, -0.15) is 0 Å². The second-order valence-corrected chi connectivity index (χ2v) is 5.24. The van der Waals surface area contributed by atoms with Crippen molar-refractivity contribution in [3.05, 3.63) is 28.9 Å². The Morgan fingerprint density at radius 1 is 1.52 bits per heavy atom. The third kappa shape index (κ3) is 2.44. The molecule has 3 N–H and O–H groups in total. The molecule has 0 spiro atoms. The Hall–Kier alpha value is -2.15. The van der Waals surface area contributed by atoms with Gasteiger partial charge in [0.05, 0.1) is 22.6 Å². The number of nitrogens with zero attached hydrogens (tertiary/aromatic N) is 4. The molecule has 0 aliphatic carbocycles. The van der Waals surface area contributed by atoms with Crippen LogP contribution in [-0.4, -0.2) is 40.3 Å². The summed E-state index contributed by atoms with van der Waals surface area (Å²) in [5, 5.41) is 12.1. The average molecular weight is 310 g/mol. The normalized spacial score (nSPS) is 19.4. The van der Waals surface area contributed by atoms with Crippen LogP contribution >= 0.6 is 11.6 Å². The average Bonchev–Trinajstić information content (AvgIpc) is 2.92. The number of aromatic nitrogens is 2. The van der Waals surface area contributed by atoms with E-state index < -0.39 is 6.17 Å². The molecule has 1 saturated heterocycles. The molecule has 3 rings (SSSR count). The molecule has 3 heterocycles. The second-order valence-electron chi connectivity index (χ2n) is 4.84. The second kappa shape index (κ2) is 5.33. The summed E-state index contributed by atoms with van der Waals surface area (Å²) in [5.41, 5.74) is 6.98. The van der Waals surface area contributed by atoms with Gasteiger partial charge >= 0.3 is 0 Å². The van der Waals surface area contributed by atoms with Crippen LogP contribution in [0.4, 0.5) is 10.2 Å². The molecule has 1 aliphatic heterocycles. The topological polar surface area (TPSA) is 87.6 Å². The Morgan fingerprint density at radius 2 is 2.33 bits per heavy atom. The predicted molar refractivity (Wildman–Crippen MR) is 78.8 cm³/mol. The summed E-state index contributed by atoms with van der Waals surface area (Å²) in [4.78, 5) is 10.5. The van der Waals surface area contributed by atoms with Crippen molar-refractivity contribution in [1.29, 1.82) is 0 Å². The first-order valence-corrected chi connectivity index (χ1v) is 6.80. The van der Waals surface area contributed by atoms with Crippen LogP contribution in [0.1, 0.15) is 12.0 Å². The number of hydrogen-bond donors (Lipinski definition) is 2. The van der Waals surface area contributed by atoms with Crippen LogP contribution < -0.4 is 10.6 Å². The van der Waals surface area contributed by atoms with E-state index in [0.717, 1.165) is 0 Å². The lowest BCUT2D eigenvalue weighted by Crippen LogP contribution is -2.21. The van der Waals surface area contributed by atoms with Crippen molar-refractivity contribution in [2.45, 2.75) is 12.6 Å². The van der Waals surface area contributed by atoms with Gasteiger partial charge in [-0.1, -0.05) is 16.8 Å². The van der Waals surface area contributed by atoms with Crippen LogP contribution in [0.5, 0.6) is 0 Å². The van der Waals surface area contributed by atoms with E-state index >= 15 is 0 Å². The third-order valence-corrected chi connectivity index (χ3v) is 3.76. The van der Waals surface area contributed by atoms with E-state index in [4.69, 9.17) is 22.5 Å². The Bertz CT molecular complexity index is 723. The lowest BCUT2D eigenvalue weighted by atomic mass is 10.2. The number of halogens is 2. The molecule has 1 aliphatic rings. The van der Waals surface area contributed by atoms with E-state index in [1.54, 1.807) is 12.1 Å². The summed E-state index contributed by atoms with van der Waals surface area (Å²) in [5.74, 6) is 0.487. The number of nitrogens with two attached hydrogens (primary N) is 1. The first-order chi connectivity index (χ1) is 10.1. The van der Waals surface area contributed by atoms with E-state index in [1.807, 2.05) is 4.90 Å². The molecule has 0 bridgehead atoms. The van der Waals surface area contributed by atoms with E-state index in [2.05, 4.69) is 15.1 Å². The van der Waals surface area contributed by atoms with Crippen molar-refractivity contribution >= 4 is 34.3 Å². The fourth-order valence-electron chi connectivity index (χ4n) is 2.43. The largest absolute Gasteiger partial charge is 0.409 e. The molecule has 1 unspecified atom stereocenters. The van der Waals surface area contributed by atoms with Gasteiger partial charge in [-0.3, -0.25) is 4.98 Å². The summed E-state index contributed by atoms with van der Waals surface area (Å²) in [6, 6.07) is 3.53. The van der Waals surface area contributed by atoms with Gasteiger partial charge in [0.1, 0.15) is 17.5 Å². The molecule has 0 aromatic carbocycles. The highest BCUT2D eigenvalue weighted by Gasteiger charge is 2.23. The number of rotatable bonds is 2. The fraction of sp³-hybridized carbons (Fsp3) is 0.308. The van der Waals surface area contributed by atoms with Crippen molar-refractivity contribution in [1.82, 2.24) is 9.97 Å². The minimum absolute atomic E-state index is 0.137. The molecule has 21 heavy (non-hydrogen) atoms. The molecular weight excluding hydrogens is 297 g/mol. The van der Waals surface area contributed by atoms with Gasteiger partial charge in [-0.05, 0) is 18.6 Å². The molecule has 0 amide bonds. The van der Waals surface area contributed by atoms with Crippen LogP contribution in [0, 0.1) is 0 Å². The number of anilines is 1. The van der Waals surface area contributed by atoms with E-state index in [0.29, 0.717) is 41.9 Å². The number of alkyl halides is 1. The standard InChI is InChI=1S/C13H13ClFN5O/c14-8-5-17-9-1-2-10(20-4-3-7(15)6-20)18-12(9)11(8)13(16)19-21/h1-2,5,7,21H,3-4,6H2,(H2,16,19). The van der Waals surface area contributed by atoms with E-state index in [-0.39, 0.29) is 10.9 Å². The third-order valence-electron chi connectivity index (χ3n) is 3.47. The number of amidine groups is 1. The molecule has 0 radical (unpaired) electrons. The van der Waals surface area contributed by atoms with Crippen molar-refractivity contribution in [3.8, 4) is 0 Å². The maximum Gasteiger partial charge on any atom is 0.173 e. The highest BCUT2D eigenvalue weighted by Crippen LogP contribution is 2.27. The zero-order valence-electron chi connectivity index (χ0n) is 11.0. The molecule has 2 aromatic heterocycles. The zero-order chi connectivity index (χ0) is 15.0. The first-order valence-electron chi connectivity index (χ1n) is 6.42. The molecule has 1 atom stereocenters. The van der Waals surface area contributed by atoms with Crippen LogP contribution in [0.3, 0.4) is 0 Å². The van der Waals surface area contributed by atoms with Gasteiger partial charge in [-0.15, -0.1) is 0 Å². The van der Waals surface area contributed by atoms with Crippen molar-refractivity contribution in [2.75, 3.05) is 18.0 Å². The number of fused-ring (bicyclic) bond motifs is 1. The van der Waals surface area contributed by atoms with Gasteiger partial charge in [0.25, 0.3) is 0 Å². The Balaban J connectivity index is 2.15. The first kappa shape index (κ1) is 13.8. The summed E-state index contributed by atoms with van der Waals surface area (Å²) in [7, 11) is 0. The van der Waals surface area contributed by atoms with Crippen LogP contribution in [0.15, 0.2) is 23.5 Å². The maximum atomic E-state index is 13.3. The Morgan fingerprint density at radius 3 is 3.00 bits per heavy atom. The summed E-state index contributed by atoms with van der Waals surface area (Å²) >= 11 is 6.06. The Labute approximate surface area is 125 Å². The fourth-order valence-corrected chi connectivity index (χ4v) is 2.66. The molecule has 0 saturated carbocycles. The van der Waals surface area contributed by atoms with Gasteiger partial charge in [0, 0.05) is 12.7 Å². The summed E-state index contributed by atoms with van der Waals surface area (Å²) < 4.78 is 13.3. The SMILES string of the molecule is N/C(=N\O)c1c(Cl)cnc2ccc(N3CCC(F)C3)nc12. The van der Waals surface area contributed by atoms with Gasteiger partial charge in [-0.25, -0.2) is 9.37 Å². The number of pyridine rings is 2.